The zero-order chi connectivity index (χ0) is 30.1. The molecule has 1 saturated heterocycles. The number of anilines is 4. The first-order valence-electron chi connectivity index (χ1n) is 15.2. The van der Waals surface area contributed by atoms with Crippen LogP contribution >= 0.6 is 0 Å². The summed E-state index contributed by atoms with van der Waals surface area (Å²) in [4.78, 5) is 22.1. The number of aryl methyl sites for hydroxylation is 2. The third kappa shape index (κ3) is 4.85. The normalized spacial score (nSPS) is 20.4. The van der Waals surface area contributed by atoms with Crippen LogP contribution in [0.1, 0.15) is 43.6 Å². The van der Waals surface area contributed by atoms with Gasteiger partial charge < -0.3 is 20.4 Å². The number of pyridine rings is 3. The summed E-state index contributed by atoms with van der Waals surface area (Å²) in [5.74, 6) is 1.34. The molecule has 8 rings (SSSR count). The lowest BCUT2D eigenvalue weighted by atomic mass is 9.81. The molecule has 0 spiro atoms. The van der Waals surface area contributed by atoms with Crippen molar-refractivity contribution in [1.29, 1.82) is 0 Å². The summed E-state index contributed by atoms with van der Waals surface area (Å²) in [7, 11) is 0. The van der Waals surface area contributed by atoms with Gasteiger partial charge in [-0.15, -0.1) is 0 Å². The molecule has 1 saturated carbocycles. The molecule has 5 heterocycles. The average molecular weight is 582 g/mol. The van der Waals surface area contributed by atoms with Crippen molar-refractivity contribution in [2.24, 2.45) is 5.92 Å². The van der Waals surface area contributed by atoms with E-state index in [-0.39, 0.29) is 11.0 Å². The molecule has 2 aromatic carbocycles. The largest absolute Gasteiger partial charge is 0.375 e. The summed E-state index contributed by atoms with van der Waals surface area (Å²) < 4.78 is 6.12. The van der Waals surface area contributed by atoms with E-state index in [9.17, 15) is 0 Å². The maximum atomic E-state index is 6.12. The number of ether oxygens (including phenoxy) is 1. The van der Waals surface area contributed by atoms with Crippen LogP contribution in [0.4, 0.5) is 22.7 Å². The second-order valence-electron chi connectivity index (χ2n) is 13.0. The number of aromatic nitrogens is 5. The highest BCUT2D eigenvalue weighted by Gasteiger charge is 2.60. The van der Waals surface area contributed by atoms with Gasteiger partial charge in [0.1, 0.15) is 5.69 Å². The van der Waals surface area contributed by atoms with Crippen LogP contribution in [0.5, 0.6) is 0 Å². The highest BCUT2D eigenvalue weighted by atomic mass is 16.5. The van der Waals surface area contributed by atoms with Gasteiger partial charge in [0, 0.05) is 45.4 Å². The monoisotopic (exact) mass is 581 g/mol. The molecule has 8 heteroatoms. The summed E-state index contributed by atoms with van der Waals surface area (Å²) in [6, 6.07) is 23.1. The Morgan fingerprint density at radius 2 is 1.66 bits per heavy atom. The van der Waals surface area contributed by atoms with E-state index in [1.54, 1.807) is 6.20 Å². The first-order chi connectivity index (χ1) is 21.2. The van der Waals surface area contributed by atoms with Gasteiger partial charge in [0.05, 0.1) is 40.6 Å². The average Bonchev–Trinajstić information content (AvgIpc) is 3.56. The van der Waals surface area contributed by atoms with E-state index in [1.807, 2.05) is 50.4 Å². The number of nitrogens with zero attached hydrogens (tertiary/aromatic N) is 4. The van der Waals surface area contributed by atoms with Crippen LogP contribution < -0.4 is 10.6 Å². The minimum absolute atomic E-state index is 0.0969. The Kier molecular flexibility index (Phi) is 6.00. The molecule has 0 radical (unpaired) electrons. The summed E-state index contributed by atoms with van der Waals surface area (Å²) in [5, 5.41) is 8.20. The summed E-state index contributed by atoms with van der Waals surface area (Å²) >= 11 is 0. The molecular weight excluding hydrogens is 546 g/mol. The predicted molar refractivity (Wildman–Crippen MR) is 176 cm³/mol. The third-order valence-electron chi connectivity index (χ3n) is 9.11. The van der Waals surface area contributed by atoms with Crippen molar-refractivity contribution in [3.63, 3.8) is 0 Å². The van der Waals surface area contributed by atoms with Crippen molar-refractivity contribution in [3.05, 3.63) is 96.1 Å². The molecule has 2 aliphatic rings. The smallest absolute Gasteiger partial charge is 0.157 e. The first-order valence-corrected chi connectivity index (χ1v) is 15.2. The van der Waals surface area contributed by atoms with E-state index in [0.29, 0.717) is 5.92 Å². The van der Waals surface area contributed by atoms with Crippen molar-refractivity contribution in [1.82, 2.24) is 24.9 Å². The van der Waals surface area contributed by atoms with Crippen LogP contribution in [-0.4, -0.2) is 37.1 Å². The minimum Gasteiger partial charge on any atom is -0.375 e. The van der Waals surface area contributed by atoms with Crippen LogP contribution in [0.2, 0.25) is 0 Å². The van der Waals surface area contributed by atoms with Crippen molar-refractivity contribution in [3.8, 4) is 11.5 Å². The molecular formula is C36H35N7O. The van der Waals surface area contributed by atoms with Gasteiger partial charge in [-0.3, -0.25) is 15.0 Å². The number of fused-ring (bicyclic) bond motifs is 3. The number of imidazole rings is 1. The molecule has 0 bridgehead atoms. The Balaban J connectivity index is 1.05. The minimum atomic E-state index is -0.0969. The molecule has 2 fully saturated rings. The number of benzene rings is 2. The Morgan fingerprint density at radius 3 is 2.50 bits per heavy atom. The molecule has 1 aliphatic carbocycles. The lowest BCUT2D eigenvalue weighted by molar-refractivity contribution is -0.0624. The van der Waals surface area contributed by atoms with Crippen LogP contribution in [0, 0.1) is 19.8 Å². The highest BCUT2D eigenvalue weighted by Crippen LogP contribution is 2.62. The number of aromatic amines is 1. The van der Waals surface area contributed by atoms with E-state index in [4.69, 9.17) is 19.7 Å². The summed E-state index contributed by atoms with van der Waals surface area (Å²) in [6.07, 6.45) is 5.91. The first kappa shape index (κ1) is 26.8. The predicted octanol–water partition coefficient (Wildman–Crippen LogP) is 8.13. The number of hydrogen-bond donors (Lipinski definition) is 3. The quantitative estimate of drug-likeness (QED) is 0.183. The fraction of sp³-hybridized carbons (Fsp3) is 0.278. The number of rotatable bonds is 6. The van der Waals surface area contributed by atoms with E-state index in [0.717, 1.165) is 80.6 Å². The van der Waals surface area contributed by atoms with E-state index in [2.05, 4.69) is 70.8 Å². The van der Waals surface area contributed by atoms with Gasteiger partial charge in [-0.2, -0.15) is 0 Å². The van der Waals surface area contributed by atoms with Crippen molar-refractivity contribution in [2.75, 3.05) is 17.2 Å². The van der Waals surface area contributed by atoms with Crippen molar-refractivity contribution in [2.45, 2.75) is 51.6 Å². The molecule has 2 atom stereocenters. The number of hydrogen-bond acceptors (Lipinski definition) is 7. The van der Waals surface area contributed by atoms with Crippen molar-refractivity contribution >= 4 is 44.7 Å². The second-order valence-corrected chi connectivity index (χ2v) is 13.0. The summed E-state index contributed by atoms with van der Waals surface area (Å²) in [6.45, 7) is 9.29. The Labute approximate surface area is 256 Å². The number of nitrogens with one attached hydrogen (secondary N) is 3. The van der Waals surface area contributed by atoms with Crippen LogP contribution in [0.15, 0.2) is 79.1 Å². The summed E-state index contributed by atoms with van der Waals surface area (Å²) in [5.41, 5.74) is 11.0. The van der Waals surface area contributed by atoms with Gasteiger partial charge in [0.2, 0.25) is 0 Å². The van der Waals surface area contributed by atoms with E-state index < -0.39 is 0 Å². The molecule has 44 heavy (non-hydrogen) atoms. The van der Waals surface area contributed by atoms with Crippen molar-refractivity contribution < 1.29 is 4.74 Å². The fourth-order valence-corrected chi connectivity index (χ4v) is 6.94. The van der Waals surface area contributed by atoms with Gasteiger partial charge in [-0.05, 0) is 113 Å². The molecule has 1 aliphatic heterocycles. The Hall–Kier alpha value is -4.82. The lowest BCUT2D eigenvalue weighted by Gasteiger charge is -2.36. The number of H-pyrrole nitrogens is 1. The topological polar surface area (TPSA) is 101 Å². The fourth-order valence-electron chi connectivity index (χ4n) is 6.94. The van der Waals surface area contributed by atoms with Gasteiger partial charge in [0.15, 0.2) is 5.82 Å². The van der Waals surface area contributed by atoms with Crippen LogP contribution in [0.3, 0.4) is 0 Å². The van der Waals surface area contributed by atoms with Gasteiger partial charge in [-0.25, -0.2) is 4.98 Å². The molecule has 220 valence electrons. The molecule has 6 aromatic rings. The third-order valence-corrected chi connectivity index (χ3v) is 9.11. The zero-order valence-corrected chi connectivity index (χ0v) is 25.4. The highest BCUT2D eigenvalue weighted by molar-refractivity contribution is 5.94. The van der Waals surface area contributed by atoms with Gasteiger partial charge in [-0.1, -0.05) is 6.07 Å². The Morgan fingerprint density at radius 1 is 0.818 bits per heavy atom. The molecule has 0 amide bonds. The second kappa shape index (κ2) is 9.86. The lowest BCUT2D eigenvalue weighted by Crippen LogP contribution is -2.37. The molecule has 3 N–H and O–H groups in total. The molecule has 1 unspecified atom stereocenters. The maximum absolute atomic E-state index is 6.12. The molecule has 8 nitrogen and oxygen atoms in total. The standard InChI is InChI=1S/C36H35N7O/c1-21-13-26(11-12-37-21)40-25-6-9-30-33(16-25)43-34(42-30)31-10-7-27(18-38-31)41-32-14-22(2)39-29-8-5-23(15-28(29)32)36-17-24(36)19-44-35(3,4)20-36/h5-16,18,24H,17,19-20H2,1-4H3,(H,37,40)(H,39,41)(H,42,43)/t24?,36-/m0/s1. The van der Waals surface area contributed by atoms with E-state index in [1.165, 1.54) is 12.0 Å². The maximum Gasteiger partial charge on any atom is 0.157 e. The van der Waals surface area contributed by atoms with Crippen LogP contribution in [-0.2, 0) is 10.2 Å². The van der Waals surface area contributed by atoms with Gasteiger partial charge in [0.25, 0.3) is 0 Å². The zero-order valence-electron chi connectivity index (χ0n) is 25.4. The SMILES string of the molecule is Cc1cc(Nc2ccc3nc(-c4ccc(Nc5cc(C)nc6ccc([C@@]78CC7COC(C)(C)C8)cc56)cn4)[nH]c3c2)ccn1. The van der Waals surface area contributed by atoms with Gasteiger partial charge >= 0.3 is 0 Å². The van der Waals surface area contributed by atoms with Crippen LogP contribution in [0.25, 0.3) is 33.5 Å². The van der Waals surface area contributed by atoms with E-state index >= 15 is 0 Å². The Bertz CT molecular complexity index is 2050. The molecule has 4 aromatic heterocycles.